The molecule has 2 aromatic carbocycles. The van der Waals surface area contributed by atoms with Gasteiger partial charge < -0.3 is 19.8 Å². The zero-order valence-corrected chi connectivity index (χ0v) is 17.7. The number of hydrogen-bond acceptors (Lipinski definition) is 5. The number of nitrogens with one attached hydrogen (secondary N) is 2. The number of carbonyl (C=O) groups is 1. The highest BCUT2D eigenvalue weighted by Crippen LogP contribution is 2.33. The van der Waals surface area contributed by atoms with Gasteiger partial charge in [-0.2, -0.15) is 0 Å². The van der Waals surface area contributed by atoms with Crippen molar-refractivity contribution in [2.45, 2.75) is 24.0 Å². The van der Waals surface area contributed by atoms with Gasteiger partial charge in [0.05, 0.1) is 24.7 Å². The molecule has 1 fully saturated rings. The Kier molecular flexibility index (Phi) is 6.71. The first-order valence-electron chi connectivity index (χ1n) is 10.0. The second-order valence-corrected chi connectivity index (χ2v) is 8.06. The number of carbonyl (C=O) groups excluding carboxylic acids is 1. The van der Waals surface area contributed by atoms with Gasteiger partial charge in [-0.1, -0.05) is 54.2 Å². The fourth-order valence-electron chi connectivity index (χ4n) is 3.39. The van der Waals surface area contributed by atoms with Crippen molar-refractivity contribution in [1.82, 2.24) is 15.3 Å². The Balaban J connectivity index is 1.51. The van der Waals surface area contributed by atoms with Crippen molar-refractivity contribution < 1.29 is 14.3 Å². The number of ether oxygens (including phenoxy) is 2. The molecule has 1 amide bonds. The molecule has 0 bridgehead atoms. The third-order valence-corrected chi connectivity index (χ3v) is 5.94. The van der Waals surface area contributed by atoms with Gasteiger partial charge in [-0.15, -0.1) is 0 Å². The van der Waals surface area contributed by atoms with Gasteiger partial charge in [0.15, 0.2) is 0 Å². The van der Waals surface area contributed by atoms with E-state index in [1.807, 2.05) is 54.6 Å². The number of rotatable bonds is 8. The molecule has 0 unspecified atom stereocenters. The van der Waals surface area contributed by atoms with Gasteiger partial charge in [0.25, 0.3) is 0 Å². The van der Waals surface area contributed by atoms with Gasteiger partial charge in [-0.05, 0) is 25.0 Å². The maximum absolute atomic E-state index is 12.3. The zero-order chi connectivity index (χ0) is 20.8. The Morgan fingerprint density at radius 1 is 1.23 bits per heavy atom. The minimum Gasteiger partial charge on any atom is -0.497 e. The van der Waals surface area contributed by atoms with Gasteiger partial charge in [-0.25, -0.2) is 4.98 Å². The van der Waals surface area contributed by atoms with Crippen molar-refractivity contribution in [3.8, 4) is 28.4 Å². The molecule has 0 aliphatic carbocycles. The molecule has 1 aliphatic heterocycles. The third kappa shape index (κ3) is 5.04. The Labute approximate surface area is 180 Å². The van der Waals surface area contributed by atoms with E-state index in [9.17, 15) is 4.79 Å². The van der Waals surface area contributed by atoms with E-state index in [4.69, 9.17) is 14.5 Å². The highest BCUT2D eigenvalue weighted by atomic mass is 32.2. The van der Waals surface area contributed by atoms with Crippen molar-refractivity contribution in [1.29, 1.82) is 0 Å². The van der Waals surface area contributed by atoms with Gasteiger partial charge in [0, 0.05) is 24.3 Å². The van der Waals surface area contributed by atoms with Crippen LogP contribution in [-0.2, 0) is 9.53 Å². The number of nitrogens with zero attached hydrogens (tertiary/aromatic N) is 1. The monoisotopic (exact) mass is 423 g/mol. The van der Waals surface area contributed by atoms with Crippen molar-refractivity contribution in [3.63, 3.8) is 0 Å². The lowest BCUT2D eigenvalue weighted by Crippen LogP contribution is -2.32. The number of aromatic nitrogens is 2. The lowest BCUT2D eigenvalue weighted by Gasteiger charge is -2.10. The second kappa shape index (κ2) is 9.82. The molecule has 1 atom stereocenters. The summed E-state index contributed by atoms with van der Waals surface area (Å²) >= 11 is 1.43. The van der Waals surface area contributed by atoms with Crippen molar-refractivity contribution in [2.75, 3.05) is 26.0 Å². The molecule has 4 rings (SSSR count). The molecule has 1 aliphatic rings. The summed E-state index contributed by atoms with van der Waals surface area (Å²) in [4.78, 5) is 20.6. The standard InChI is InChI=1S/C23H25N3O3S/c1-28-18-10-5-9-17(13-18)22-25-21(16-7-3-2-4-8-16)23(26-22)30-15-20(27)24-14-19-11-6-12-29-19/h2-5,7-10,13,19H,6,11-12,14-15H2,1H3,(H,24,27)(H,25,26)/t19-/m0/s1. The molecule has 156 valence electrons. The number of amides is 1. The molecular weight excluding hydrogens is 398 g/mol. The van der Waals surface area contributed by atoms with Crippen molar-refractivity contribution in [2.24, 2.45) is 0 Å². The van der Waals surface area contributed by atoms with Crippen LogP contribution < -0.4 is 10.1 Å². The minimum atomic E-state index is -0.0135. The SMILES string of the molecule is COc1cccc(-c2nc(SCC(=O)NC[C@@H]3CCCO3)c(-c3ccccc3)[nH]2)c1. The Bertz CT molecular complexity index is 984. The number of imidazole rings is 1. The van der Waals surface area contributed by atoms with Crippen LogP contribution in [0.3, 0.4) is 0 Å². The summed E-state index contributed by atoms with van der Waals surface area (Å²) < 4.78 is 10.9. The highest BCUT2D eigenvalue weighted by Gasteiger charge is 2.18. The summed E-state index contributed by atoms with van der Waals surface area (Å²) in [7, 11) is 1.65. The Morgan fingerprint density at radius 3 is 2.83 bits per heavy atom. The molecule has 6 nitrogen and oxygen atoms in total. The Hall–Kier alpha value is -2.77. The van der Waals surface area contributed by atoms with Crippen LogP contribution in [0.2, 0.25) is 0 Å². The van der Waals surface area contributed by atoms with Crippen LogP contribution in [-0.4, -0.2) is 48.0 Å². The molecule has 1 aromatic heterocycles. The molecule has 2 N–H and O–H groups in total. The second-order valence-electron chi connectivity index (χ2n) is 7.09. The highest BCUT2D eigenvalue weighted by molar-refractivity contribution is 8.00. The van der Waals surface area contributed by atoms with Crippen LogP contribution in [0.4, 0.5) is 0 Å². The number of aromatic amines is 1. The molecular formula is C23H25N3O3S. The summed E-state index contributed by atoms with van der Waals surface area (Å²) in [6.07, 6.45) is 2.22. The Morgan fingerprint density at radius 2 is 2.07 bits per heavy atom. The number of thioether (sulfide) groups is 1. The quantitative estimate of drug-likeness (QED) is 0.533. The molecule has 0 radical (unpaired) electrons. The predicted octanol–water partition coefficient (Wildman–Crippen LogP) is 4.14. The fourth-order valence-corrected chi connectivity index (χ4v) is 4.23. The van der Waals surface area contributed by atoms with Gasteiger partial charge in [0.2, 0.25) is 5.91 Å². The molecule has 1 saturated heterocycles. The van der Waals surface area contributed by atoms with Crippen LogP contribution in [0.15, 0.2) is 59.6 Å². The lowest BCUT2D eigenvalue weighted by molar-refractivity contribution is -0.119. The van der Waals surface area contributed by atoms with Gasteiger partial charge >= 0.3 is 0 Å². The molecule has 30 heavy (non-hydrogen) atoms. The van der Waals surface area contributed by atoms with Crippen molar-refractivity contribution >= 4 is 17.7 Å². The van der Waals surface area contributed by atoms with E-state index >= 15 is 0 Å². The maximum Gasteiger partial charge on any atom is 0.230 e. The summed E-state index contributed by atoms with van der Waals surface area (Å²) in [6, 6.07) is 17.8. The summed E-state index contributed by atoms with van der Waals surface area (Å²) in [5.74, 6) is 1.80. The number of methoxy groups -OCH3 is 1. The van der Waals surface area contributed by atoms with Crippen molar-refractivity contribution in [3.05, 3.63) is 54.6 Å². The normalized spacial score (nSPS) is 15.8. The molecule has 0 spiro atoms. The summed E-state index contributed by atoms with van der Waals surface area (Å²) in [6.45, 7) is 1.36. The van der Waals surface area contributed by atoms with Crippen LogP contribution >= 0.6 is 11.8 Å². The van der Waals surface area contributed by atoms with E-state index < -0.39 is 0 Å². The average molecular weight is 424 g/mol. The van der Waals surface area contributed by atoms with E-state index in [2.05, 4.69) is 10.3 Å². The topological polar surface area (TPSA) is 76.2 Å². The van der Waals surface area contributed by atoms with E-state index in [1.54, 1.807) is 7.11 Å². The predicted molar refractivity (Wildman–Crippen MR) is 119 cm³/mol. The molecule has 7 heteroatoms. The van der Waals surface area contributed by atoms with E-state index in [-0.39, 0.29) is 12.0 Å². The van der Waals surface area contributed by atoms with Crippen LogP contribution in [0.25, 0.3) is 22.6 Å². The van der Waals surface area contributed by atoms with E-state index in [0.717, 1.165) is 52.9 Å². The van der Waals surface area contributed by atoms with Gasteiger partial charge in [0.1, 0.15) is 16.6 Å². The summed E-state index contributed by atoms with van der Waals surface area (Å²) in [5.41, 5.74) is 2.87. The largest absolute Gasteiger partial charge is 0.497 e. The molecule has 0 saturated carbocycles. The summed E-state index contributed by atoms with van der Waals surface area (Å²) in [5, 5.41) is 3.77. The molecule has 3 aromatic rings. The van der Waals surface area contributed by atoms with E-state index in [0.29, 0.717) is 12.3 Å². The lowest BCUT2D eigenvalue weighted by atomic mass is 10.2. The molecule has 2 heterocycles. The maximum atomic E-state index is 12.3. The number of hydrogen-bond donors (Lipinski definition) is 2. The van der Waals surface area contributed by atoms with Crippen LogP contribution in [0.1, 0.15) is 12.8 Å². The number of H-pyrrole nitrogens is 1. The third-order valence-electron chi connectivity index (χ3n) is 4.97. The van der Waals surface area contributed by atoms with E-state index in [1.165, 1.54) is 11.8 Å². The number of benzene rings is 2. The first-order valence-corrected chi connectivity index (χ1v) is 11.0. The van der Waals surface area contributed by atoms with Gasteiger partial charge in [-0.3, -0.25) is 4.79 Å². The smallest absolute Gasteiger partial charge is 0.230 e. The van der Waals surface area contributed by atoms with Crippen LogP contribution in [0, 0.1) is 0 Å². The zero-order valence-electron chi connectivity index (χ0n) is 16.9. The van der Waals surface area contributed by atoms with Crippen LogP contribution in [0.5, 0.6) is 5.75 Å². The first kappa shape index (κ1) is 20.5. The first-order chi connectivity index (χ1) is 14.7. The average Bonchev–Trinajstić information content (AvgIpc) is 3.47. The fraction of sp³-hybridized carbons (Fsp3) is 0.304. The minimum absolute atomic E-state index is 0.0135.